The molecule has 4 heteroatoms. The lowest BCUT2D eigenvalue weighted by molar-refractivity contribution is -0.128. The average Bonchev–Trinajstić information content (AvgIpc) is 2.51. The molecule has 0 atom stereocenters. The van der Waals surface area contributed by atoms with Gasteiger partial charge in [-0.3, -0.25) is 9.59 Å². The Kier molecular flexibility index (Phi) is 3.21. The zero-order valence-corrected chi connectivity index (χ0v) is 10.9. The van der Waals surface area contributed by atoms with Crippen molar-refractivity contribution in [1.82, 2.24) is 0 Å². The summed E-state index contributed by atoms with van der Waals surface area (Å²) in [5, 5.41) is 2.92. The van der Waals surface area contributed by atoms with Crippen molar-refractivity contribution < 1.29 is 9.59 Å². The van der Waals surface area contributed by atoms with Gasteiger partial charge < -0.3 is 0 Å². The van der Waals surface area contributed by atoms with Gasteiger partial charge in [0.15, 0.2) is 0 Å². The number of benzene rings is 2. The van der Waals surface area contributed by atoms with Crippen LogP contribution < -0.4 is 10.0 Å². The molecule has 0 unspecified atom stereocenters. The molecule has 2 aromatic carbocycles. The van der Waals surface area contributed by atoms with Gasteiger partial charge in [0, 0.05) is 12.8 Å². The van der Waals surface area contributed by atoms with Gasteiger partial charge in [-0.1, -0.05) is 36.4 Å². The van der Waals surface area contributed by atoms with Crippen molar-refractivity contribution in [2.45, 2.75) is 12.8 Å². The Balaban J connectivity index is 2.07. The Morgan fingerprint density at radius 3 is 1.30 bits per heavy atom. The maximum atomic E-state index is 12.3. The van der Waals surface area contributed by atoms with Crippen molar-refractivity contribution in [2.24, 2.45) is 0 Å². The summed E-state index contributed by atoms with van der Waals surface area (Å²) in [5.74, 6) is -0.140. The second-order valence-electron chi connectivity index (χ2n) is 4.58. The summed E-state index contributed by atoms with van der Waals surface area (Å²) in [6, 6.07) is 18.5. The molecular formula is C16H14N2O2. The van der Waals surface area contributed by atoms with Crippen molar-refractivity contribution in [3.8, 4) is 0 Å². The van der Waals surface area contributed by atoms with Crippen LogP contribution in [0, 0.1) is 0 Å². The van der Waals surface area contributed by atoms with E-state index < -0.39 is 0 Å². The molecule has 100 valence electrons. The highest BCUT2D eigenvalue weighted by atomic mass is 16.2. The summed E-state index contributed by atoms with van der Waals surface area (Å²) in [6.45, 7) is 0. The molecule has 20 heavy (non-hydrogen) atoms. The predicted molar refractivity (Wildman–Crippen MR) is 77.1 cm³/mol. The van der Waals surface area contributed by atoms with Crippen LogP contribution in [0.25, 0.3) is 0 Å². The molecular weight excluding hydrogens is 252 g/mol. The van der Waals surface area contributed by atoms with Crippen LogP contribution in [0.15, 0.2) is 60.7 Å². The summed E-state index contributed by atoms with van der Waals surface area (Å²) in [7, 11) is 0. The van der Waals surface area contributed by atoms with E-state index in [-0.39, 0.29) is 24.7 Å². The Bertz CT molecular complexity index is 568. The van der Waals surface area contributed by atoms with Gasteiger partial charge in [-0.25, -0.2) is 10.0 Å². The van der Waals surface area contributed by atoms with Gasteiger partial charge in [0.05, 0.1) is 11.4 Å². The van der Waals surface area contributed by atoms with Crippen LogP contribution in [0.2, 0.25) is 0 Å². The van der Waals surface area contributed by atoms with E-state index in [1.165, 1.54) is 10.0 Å². The van der Waals surface area contributed by atoms with E-state index in [4.69, 9.17) is 0 Å². The van der Waals surface area contributed by atoms with Crippen molar-refractivity contribution >= 4 is 23.2 Å². The minimum Gasteiger partial charge on any atom is -0.273 e. The van der Waals surface area contributed by atoms with Gasteiger partial charge in [-0.05, 0) is 24.3 Å². The van der Waals surface area contributed by atoms with Crippen LogP contribution in [0.4, 0.5) is 11.4 Å². The van der Waals surface area contributed by atoms with Crippen LogP contribution in [0.3, 0.4) is 0 Å². The van der Waals surface area contributed by atoms with E-state index in [0.717, 1.165) is 0 Å². The summed E-state index contributed by atoms with van der Waals surface area (Å²) in [4.78, 5) is 24.5. The molecule has 1 saturated heterocycles. The summed E-state index contributed by atoms with van der Waals surface area (Å²) >= 11 is 0. The smallest absolute Gasteiger partial charge is 0.246 e. The molecule has 1 aliphatic rings. The highest BCUT2D eigenvalue weighted by Crippen LogP contribution is 2.27. The van der Waals surface area contributed by atoms with Gasteiger partial charge in [0.2, 0.25) is 11.8 Å². The fraction of sp³-hybridized carbons (Fsp3) is 0.125. The van der Waals surface area contributed by atoms with E-state index >= 15 is 0 Å². The first kappa shape index (κ1) is 12.4. The average molecular weight is 266 g/mol. The van der Waals surface area contributed by atoms with Crippen LogP contribution >= 0.6 is 0 Å². The molecule has 2 amide bonds. The Morgan fingerprint density at radius 1 is 0.600 bits per heavy atom. The quantitative estimate of drug-likeness (QED) is 0.838. The molecule has 0 aromatic heterocycles. The van der Waals surface area contributed by atoms with Crippen molar-refractivity contribution in [2.75, 3.05) is 10.0 Å². The molecule has 0 N–H and O–H groups in total. The molecule has 0 aliphatic carbocycles. The SMILES string of the molecule is O=C1CCC(=O)N(c2ccccc2)N1c1ccccc1. The van der Waals surface area contributed by atoms with Crippen molar-refractivity contribution in [3.63, 3.8) is 0 Å². The minimum atomic E-state index is -0.0698. The van der Waals surface area contributed by atoms with Crippen LogP contribution in [-0.2, 0) is 9.59 Å². The van der Waals surface area contributed by atoms with Gasteiger partial charge in [0.25, 0.3) is 0 Å². The number of anilines is 2. The Hall–Kier alpha value is -2.62. The third-order valence-corrected chi connectivity index (χ3v) is 3.23. The largest absolute Gasteiger partial charge is 0.273 e. The molecule has 1 aliphatic heterocycles. The summed E-state index contributed by atoms with van der Waals surface area (Å²) in [6.07, 6.45) is 0.494. The molecule has 0 radical (unpaired) electrons. The predicted octanol–water partition coefficient (Wildman–Crippen LogP) is 2.76. The number of nitrogens with zero attached hydrogens (tertiary/aromatic N) is 2. The van der Waals surface area contributed by atoms with E-state index in [0.29, 0.717) is 11.4 Å². The first-order valence-electron chi connectivity index (χ1n) is 6.53. The lowest BCUT2D eigenvalue weighted by Crippen LogP contribution is -2.54. The minimum absolute atomic E-state index is 0.0698. The van der Waals surface area contributed by atoms with Crippen LogP contribution in [-0.4, -0.2) is 11.8 Å². The normalized spacial score (nSPS) is 15.6. The number of carbonyl (C=O) groups excluding carboxylic acids is 2. The first-order valence-corrected chi connectivity index (χ1v) is 6.53. The second kappa shape index (κ2) is 5.17. The summed E-state index contributed by atoms with van der Waals surface area (Å²) in [5.41, 5.74) is 1.41. The topological polar surface area (TPSA) is 40.6 Å². The standard InChI is InChI=1S/C16H14N2O2/c19-15-11-12-16(20)18(14-9-5-2-6-10-14)17(15)13-7-3-1-4-8-13/h1-10H,11-12H2. The van der Waals surface area contributed by atoms with Crippen molar-refractivity contribution in [3.05, 3.63) is 60.7 Å². The van der Waals surface area contributed by atoms with Gasteiger partial charge in [-0.2, -0.15) is 0 Å². The van der Waals surface area contributed by atoms with E-state index in [2.05, 4.69) is 0 Å². The number of hydrogen-bond donors (Lipinski definition) is 0. The molecule has 0 spiro atoms. The first-order chi connectivity index (χ1) is 9.77. The van der Waals surface area contributed by atoms with E-state index in [1.54, 1.807) is 0 Å². The van der Waals surface area contributed by atoms with Crippen LogP contribution in [0.5, 0.6) is 0 Å². The fourth-order valence-corrected chi connectivity index (χ4v) is 2.31. The summed E-state index contributed by atoms with van der Waals surface area (Å²) < 4.78 is 0. The maximum absolute atomic E-state index is 12.3. The number of para-hydroxylation sites is 2. The maximum Gasteiger partial charge on any atom is 0.246 e. The molecule has 4 nitrogen and oxygen atoms in total. The molecule has 1 fully saturated rings. The fourth-order valence-electron chi connectivity index (χ4n) is 2.31. The van der Waals surface area contributed by atoms with Gasteiger partial charge >= 0.3 is 0 Å². The monoisotopic (exact) mass is 266 g/mol. The van der Waals surface area contributed by atoms with Crippen LogP contribution in [0.1, 0.15) is 12.8 Å². The number of carbonyl (C=O) groups is 2. The zero-order chi connectivity index (χ0) is 13.9. The molecule has 1 heterocycles. The van der Waals surface area contributed by atoms with E-state index in [1.807, 2.05) is 60.7 Å². The zero-order valence-electron chi connectivity index (χ0n) is 10.9. The van der Waals surface area contributed by atoms with Gasteiger partial charge in [-0.15, -0.1) is 0 Å². The molecule has 3 rings (SSSR count). The second-order valence-corrected chi connectivity index (χ2v) is 4.58. The number of amides is 2. The third kappa shape index (κ3) is 2.16. The lowest BCUT2D eigenvalue weighted by Gasteiger charge is -2.38. The highest BCUT2D eigenvalue weighted by Gasteiger charge is 2.33. The molecule has 0 bridgehead atoms. The number of hydrogen-bond acceptors (Lipinski definition) is 2. The van der Waals surface area contributed by atoms with E-state index in [9.17, 15) is 9.59 Å². The number of hydrazine groups is 1. The third-order valence-electron chi connectivity index (χ3n) is 3.23. The number of rotatable bonds is 2. The van der Waals surface area contributed by atoms with Gasteiger partial charge in [0.1, 0.15) is 0 Å². The molecule has 0 saturated carbocycles. The Morgan fingerprint density at radius 2 is 0.950 bits per heavy atom. The highest BCUT2D eigenvalue weighted by molar-refractivity contribution is 6.10. The van der Waals surface area contributed by atoms with Crippen molar-refractivity contribution in [1.29, 1.82) is 0 Å². The lowest BCUT2D eigenvalue weighted by atomic mass is 10.2. The Labute approximate surface area is 117 Å². The molecule has 2 aromatic rings.